The molecule has 7 nitrogen and oxygen atoms in total. The molecule has 2 heterocycles. The molecule has 3 aliphatic rings. The van der Waals surface area contributed by atoms with Gasteiger partial charge in [0.15, 0.2) is 11.5 Å². The molecule has 2 amide bonds. The number of rotatable bonds is 3. The smallest absolute Gasteiger partial charge is 0.227 e. The Morgan fingerprint density at radius 2 is 1.56 bits per heavy atom. The van der Waals surface area contributed by atoms with Gasteiger partial charge in [-0.1, -0.05) is 0 Å². The first-order valence-corrected chi connectivity index (χ1v) is 9.78. The van der Waals surface area contributed by atoms with Crippen LogP contribution in [0.15, 0.2) is 18.2 Å². The Morgan fingerprint density at radius 3 is 2.30 bits per heavy atom. The monoisotopic (exact) mass is 374 g/mol. The summed E-state index contributed by atoms with van der Waals surface area (Å²) in [5.41, 5.74) is 0.718. The maximum Gasteiger partial charge on any atom is 0.227 e. The fourth-order valence-corrected chi connectivity index (χ4v) is 4.01. The van der Waals surface area contributed by atoms with Crippen LogP contribution in [0, 0.1) is 11.8 Å². The van der Waals surface area contributed by atoms with Crippen LogP contribution >= 0.6 is 0 Å². The first-order chi connectivity index (χ1) is 13.2. The van der Waals surface area contributed by atoms with E-state index >= 15 is 0 Å². The van der Waals surface area contributed by atoms with Crippen LogP contribution in [-0.2, 0) is 14.3 Å². The Kier molecular flexibility index (Phi) is 5.48. The zero-order valence-electron chi connectivity index (χ0n) is 15.4. The predicted molar refractivity (Wildman–Crippen MR) is 98.9 cm³/mol. The molecule has 2 fully saturated rings. The lowest BCUT2D eigenvalue weighted by Gasteiger charge is -2.33. The Balaban J connectivity index is 1.29. The van der Waals surface area contributed by atoms with Gasteiger partial charge in [-0.25, -0.2) is 0 Å². The number of amides is 2. The molecule has 0 aromatic heterocycles. The summed E-state index contributed by atoms with van der Waals surface area (Å²) in [6.45, 7) is 3.68. The van der Waals surface area contributed by atoms with Crippen LogP contribution in [-0.4, -0.2) is 56.2 Å². The maximum absolute atomic E-state index is 12.6. The fourth-order valence-electron chi connectivity index (χ4n) is 4.01. The van der Waals surface area contributed by atoms with Crippen molar-refractivity contribution in [1.82, 2.24) is 4.90 Å². The van der Waals surface area contributed by atoms with E-state index in [1.54, 1.807) is 6.07 Å². The molecule has 1 saturated carbocycles. The molecule has 1 aliphatic carbocycles. The lowest BCUT2D eigenvalue weighted by atomic mass is 9.81. The molecule has 27 heavy (non-hydrogen) atoms. The summed E-state index contributed by atoms with van der Waals surface area (Å²) in [5, 5.41) is 2.98. The van der Waals surface area contributed by atoms with Gasteiger partial charge in [-0.3, -0.25) is 9.59 Å². The second-order valence-corrected chi connectivity index (χ2v) is 7.33. The quantitative estimate of drug-likeness (QED) is 0.876. The number of fused-ring (bicyclic) bond motifs is 1. The van der Waals surface area contributed by atoms with E-state index in [0.29, 0.717) is 51.0 Å². The Labute approximate surface area is 158 Å². The van der Waals surface area contributed by atoms with Crippen LogP contribution in [0.1, 0.15) is 25.7 Å². The molecule has 0 unspecified atom stereocenters. The molecular weight excluding hydrogens is 348 g/mol. The molecule has 0 spiro atoms. The van der Waals surface area contributed by atoms with E-state index in [1.807, 2.05) is 17.0 Å². The molecule has 0 radical (unpaired) electrons. The van der Waals surface area contributed by atoms with Crippen molar-refractivity contribution in [3.8, 4) is 11.5 Å². The third-order valence-electron chi connectivity index (χ3n) is 5.58. The van der Waals surface area contributed by atoms with Crippen molar-refractivity contribution in [2.24, 2.45) is 11.8 Å². The Bertz CT molecular complexity index is 694. The number of hydrogen-bond donors (Lipinski definition) is 1. The number of anilines is 1. The minimum Gasteiger partial charge on any atom is -0.486 e. The van der Waals surface area contributed by atoms with Crippen molar-refractivity contribution in [3.05, 3.63) is 18.2 Å². The zero-order chi connectivity index (χ0) is 18.6. The van der Waals surface area contributed by atoms with E-state index in [-0.39, 0.29) is 23.7 Å². The molecule has 1 aromatic carbocycles. The van der Waals surface area contributed by atoms with Crippen LogP contribution in [0.25, 0.3) is 0 Å². The van der Waals surface area contributed by atoms with E-state index < -0.39 is 0 Å². The third-order valence-corrected chi connectivity index (χ3v) is 5.58. The number of morpholine rings is 1. The van der Waals surface area contributed by atoms with Crippen molar-refractivity contribution in [3.63, 3.8) is 0 Å². The Hall–Kier alpha value is -2.28. The highest BCUT2D eigenvalue weighted by Gasteiger charge is 2.32. The highest BCUT2D eigenvalue weighted by molar-refractivity contribution is 5.93. The van der Waals surface area contributed by atoms with E-state index in [1.165, 1.54) is 0 Å². The van der Waals surface area contributed by atoms with Gasteiger partial charge in [0.1, 0.15) is 13.2 Å². The summed E-state index contributed by atoms with van der Waals surface area (Å²) in [4.78, 5) is 27.1. The molecule has 146 valence electrons. The lowest BCUT2D eigenvalue weighted by Crippen LogP contribution is -2.44. The van der Waals surface area contributed by atoms with Gasteiger partial charge < -0.3 is 24.4 Å². The normalized spacial score (nSPS) is 25.0. The zero-order valence-corrected chi connectivity index (χ0v) is 15.4. The highest BCUT2D eigenvalue weighted by Crippen LogP contribution is 2.34. The number of benzene rings is 1. The summed E-state index contributed by atoms with van der Waals surface area (Å²) >= 11 is 0. The van der Waals surface area contributed by atoms with Crippen LogP contribution in [0.2, 0.25) is 0 Å². The van der Waals surface area contributed by atoms with E-state index in [4.69, 9.17) is 14.2 Å². The van der Waals surface area contributed by atoms with Crippen molar-refractivity contribution in [1.29, 1.82) is 0 Å². The summed E-state index contributed by atoms with van der Waals surface area (Å²) in [7, 11) is 0. The summed E-state index contributed by atoms with van der Waals surface area (Å²) in [5.74, 6) is 1.61. The highest BCUT2D eigenvalue weighted by atomic mass is 16.6. The number of nitrogens with zero attached hydrogens (tertiary/aromatic N) is 1. The summed E-state index contributed by atoms with van der Waals surface area (Å²) in [6, 6.07) is 5.46. The first kappa shape index (κ1) is 18.1. The molecule has 1 saturated heterocycles. The molecule has 7 heteroatoms. The second kappa shape index (κ2) is 8.17. The molecule has 1 N–H and O–H groups in total. The number of nitrogens with one attached hydrogen (secondary N) is 1. The van der Waals surface area contributed by atoms with Crippen LogP contribution < -0.4 is 14.8 Å². The number of hydrogen-bond acceptors (Lipinski definition) is 5. The standard InChI is InChI=1S/C20H26N2O5/c23-19(21-16-5-6-17-18(13-16)27-12-11-26-17)14-1-3-15(4-2-14)20(24)22-7-9-25-10-8-22/h5-6,13-15H,1-4,7-12H2,(H,21,23). The molecule has 0 bridgehead atoms. The number of ether oxygens (including phenoxy) is 3. The van der Waals surface area contributed by atoms with E-state index in [2.05, 4.69) is 5.32 Å². The Morgan fingerprint density at radius 1 is 0.889 bits per heavy atom. The largest absolute Gasteiger partial charge is 0.486 e. The van der Waals surface area contributed by atoms with Gasteiger partial charge in [-0.2, -0.15) is 0 Å². The predicted octanol–water partition coefficient (Wildman–Crippen LogP) is 2.06. The first-order valence-electron chi connectivity index (χ1n) is 9.78. The molecule has 0 atom stereocenters. The van der Waals surface area contributed by atoms with Gasteiger partial charge in [0.2, 0.25) is 11.8 Å². The molecular formula is C20H26N2O5. The average Bonchev–Trinajstić information content (AvgIpc) is 2.74. The fraction of sp³-hybridized carbons (Fsp3) is 0.600. The minimum absolute atomic E-state index is 0.0175. The van der Waals surface area contributed by atoms with Crippen LogP contribution in [0.3, 0.4) is 0 Å². The topological polar surface area (TPSA) is 77.1 Å². The summed E-state index contributed by atoms with van der Waals surface area (Å²) < 4.78 is 16.4. The SMILES string of the molecule is O=C(Nc1ccc2c(c1)OCCO2)C1CCC(C(=O)N2CCOCC2)CC1. The molecule has 4 rings (SSSR count). The second-order valence-electron chi connectivity index (χ2n) is 7.33. The molecule has 2 aliphatic heterocycles. The van der Waals surface area contributed by atoms with Crippen LogP contribution in [0.5, 0.6) is 11.5 Å². The van der Waals surface area contributed by atoms with Gasteiger partial charge in [0, 0.05) is 36.7 Å². The van der Waals surface area contributed by atoms with Crippen molar-refractivity contribution in [2.75, 3.05) is 44.8 Å². The summed E-state index contributed by atoms with van der Waals surface area (Å²) in [6.07, 6.45) is 3.04. The van der Waals surface area contributed by atoms with Gasteiger partial charge in [0.25, 0.3) is 0 Å². The van der Waals surface area contributed by atoms with Crippen LogP contribution in [0.4, 0.5) is 5.69 Å². The van der Waals surface area contributed by atoms with Crippen molar-refractivity contribution in [2.45, 2.75) is 25.7 Å². The van der Waals surface area contributed by atoms with E-state index in [0.717, 1.165) is 31.4 Å². The van der Waals surface area contributed by atoms with Gasteiger partial charge >= 0.3 is 0 Å². The lowest BCUT2D eigenvalue weighted by molar-refractivity contribution is -0.141. The minimum atomic E-state index is -0.0491. The van der Waals surface area contributed by atoms with Gasteiger partial charge in [-0.15, -0.1) is 0 Å². The number of carbonyl (C=O) groups excluding carboxylic acids is 2. The molecule has 1 aromatic rings. The van der Waals surface area contributed by atoms with Crippen molar-refractivity contribution >= 4 is 17.5 Å². The third kappa shape index (κ3) is 4.18. The van der Waals surface area contributed by atoms with Gasteiger partial charge in [0.05, 0.1) is 13.2 Å². The average molecular weight is 374 g/mol. The number of carbonyl (C=O) groups is 2. The van der Waals surface area contributed by atoms with Gasteiger partial charge in [-0.05, 0) is 37.8 Å². The maximum atomic E-state index is 12.6. The van der Waals surface area contributed by atoms with Crippen molar-refractivity contribution < 1.29 is 23.8 Å². The van der Waals surface area contributed by atoms with E-state index in [9.17, 15) is 9.59 Å².